The van der Waals surface area contributed by atoms with E-state index in [-0.39, 0.29) is 24.6 Å². The number of likely N-dealkylation sites (N-methyl/N-ethyl adjacent to an activating group) is 1. The first kappa shape index (κ1) is 16.0. The first-order valence-corrected chi connectivity index (χ1v) is 6.50. The Kier molecular flexibility index (Phi) is 5.16. The predicted molar refractivity (Wildman–Crippen MR) is 74.8 cm³/mol. The fourth-order valence-corrected chi connectivity index (χ4v) is 1.94. The molecule has 1 amide bonds. The number of rotatable bonds is 6. The number of alkyl halides is 2. The van der Waals surface area contributed by atoms with Gasteiger partial charge >= 0.3 is 6.55 Å². The van der Waals surface area contributed by atoms with Gasteiger partial charge in [-0.3, -0.25) is 14.3 Å². The minimum absolute atomic E-state index is 0.0715. The van der Waals surface area contributed by atoms with Crippen molar-refractivity contribution in [2.24, 2.45) is 0 Å². The number of para-hydroxylation sites is 1. The molecule has 0 bridgehead atoms. The van der Waals surface area contributed by atoms with Crippen LogP contribution in [0, 0.1) is 5.82 Å². The molecule has 1 heterocycles. The van der Waals surface area contributed by atoms with Gasteiger partial charge in [0, 0.05) is 12.4 Å². The highest BCUT2D eigenvalue weighted by molar-refractivity contribution is 5.92. The molecule has 8 heteroatoms. The summed E-state index contributed by atoms with van der Waals surface area (Å²) >= 11 is 0. The largest absolute Gasteiger partial charge is 0.322 e. The van der Waals surface area contributed by atoms with Gasteiger partial charge in [-0.1, -0.05) is 12.1 Å². The Morgan fingerprint density at radius 1 is 1.41 bits per heavy atom. The Bertz CT molecular complexity index is 645. The van der Waals surface area contributed by atoms with Crippen molar-refractivity contribution in [2.45, 2.75) is 13.1 Å². The van der Waals surface area contributed by atoms with Crippen molar-refractivity contribution in [3.8, 4) is 0 Å². The second-order valence-electron chi connectivity index (χ2n) is 4.73. The minimum atomic E-state index is -2.68. The number of benzene rings is 1. The van der Waals surface area contributed by atoms with Gasteiger partial charge in [0.15, 0.2) is 0 Å². The molecular formula is C14H15F3N4O. The van der Waals surface area contributed by atoms with Crippen molar-refractivity contribution in [3.05, 3.63) is 48.3 Å². The summed E-state index contributed by atoms with van der Waals surface area (Å²) in [5.74, 6) is -0.828. The van der Waals surface area contributed by atoms with E-state index in [1.807, 2.05) is 0 Å². The van der Waals surface area contributed by atoms with Crippen LogP contribution in [0.4, 0.5) is 18.9 Å². The molecular weight excluding hydrogens is 297 g/mol. The zero-order valence-corrected chi connectivity index (χ0v) is 11.8. The Balaban J connectivity index is 1.91. The Morgan fingerprint density at radius 2 is 2.14 bits per heavy atom. The van der Waals surface area contributed by atoms with E-state index < -0.39 is 18.3 Å². The van der Waals surface area contributed by atoms with Crippen LogP contribution in [0.5, 0.6) is 0 Å². The monoisotopic (exact) mass is 312 g/mol. The standard InChI is InChI=1S/C14H15F3N4O/c1-20(8-12-18-6-7-21(12)14(16)17)9-13(22)19-11-5-3-2-4-10(11)15/h2-7,14H,8-9H2,1H3,(H,19,22). The molecule has 22 heavy (non-hydrogen) atoms. The molecule has 2 aromatic rings. The zero-order chi connectivity index (χ0) is 16.1. The quantitative estimate of drug-likeness (QED) is 0.891. The van der Waals surface area contributed by atoms with Gasteiger partial charge in [0.25, 0.3) is 0 Å². The third-order valence-electron chi connectivity index (χ3n) is 2.93. The van der Waals surface area contributed by atoms with Gasteiger partial charge < -0.3 is 5.32 Å². The molecule has 0 spiro atoms. The number of halogens is 3. The number of carbonyl (C=O) groups excluding carboxylic acids is 1. The number of hydrogen-bond donors (Lipinski definition) is 1. The number of nitrogens with zero attached hydrogens (tertiary/aromatic N) is 3. The Morgan fingerprint density at radius 3 is 2.82 bits per heavy atom. The molecule has 0 unspecified atom stereocenters. The topological polar surface area (TPSA) is 50.2 Å². The van der Waals surface area contributed by atoms with E-state index in [2.05, 4.69) is 10.3 Å². The molecule has 0 radical (unpaired) electrons. The van der Waals surface area contributed by atoms with E-state index in [0.29, 0.717) is 0 Å². The van der Waals surface area contributed by atoms with Crippen LogP contribution in [0.1, 0.15) is 12.4 Å². The van der Waals surface area contributed by atoms with Gasteiger partial charge in [0.1, 0.15) is 11.6 Å². The molecule has 0 fully saturated rings. The van der Waals surface area contributed by atoms with Gasteiger partial charge in [0.05, 0.1) is 18.8 Å². The third kappa shape index (κ3) is 4.08. The minimum Gasteiger partial charge on any atom is -0.322 e. The van der Waals surface area contributed by atoms with Crippen LogP contribution < -0.4 is 5.32 Å². The fraction of sp³-hybridized carbons (Fsp3) is 0.286. The van der Waals surface area contributed by atoms with E-state index in [1.54, 1.807) is 13.1 Å². The first-order chi connectivity index (χ1) is 10.5. The predicted octanol–water partition coefficient (Wildman–Crippen LogP) is 2.49. The summed E-state index contributed by atoms with van der Waals surface area (Å²) in [4.78, 5) is 17.2. The molecule has 1 N–H and O–H groups in total. The van der Waals surface area contributed by atoms with Crippen LogP contribution in [-0.4, -0.2) is 34.0 Å². The van der Waals surface area contributed by atoms with Crippen LogP contribution in [0.15, 0.2) is 36.7 Å². The number of hydrogen-bond acceptors (Lipinski definition) is 3. The number of imidazole rings is 1. The lowest BCUT2D eigenvalue weighted by Gasteiger charge is -2.17. The van der Waals surface area contributed by atoms with Crippen LogP contribution in [0.3, 0.4) is 0 Å². The normalized spacial score (nSPS) is 11.2. The van der Waals surface area contributed by atoms with Crippen molar-refractivity contribution in [3.63, 3.8) is 0 Å². The fourth-order valence-electron chi connectivity index (χ4n) is 1.94. The highest BCUT2D eigenvalue weighted by Crippen LogP contribution is 2.14. The summed E-state index contributed by atoms with van der Waals surface area (Å²) in [6.45, 7) is -2.69. The lowest BCUT2D eigenvalue weighted by molar-refractivity contribution is -0.117. The molecule has 0 atom stereocenters. The summed E-state index contributed by atoms with van der Waals surface area (Å²) in [7, 11) is 1.59. The van der Waals surface area contributed by atoms with Gasteiger partial charge in [0.2, 0.25) is 5.91 Å². The Labute approximate surface area is 125 Å². The zero-order valence-electron chi connectivity index (χ0n) is 11.8. The van der Waals surface area contributed by atoms with Crippen molar-refractivity contribution in [1.29, 1.82) is 0 Å². The van der Waals surface area contributed by atoms with E-state index in [9.17, 15) is 18.0 Å². The van der Waals surface area contributed by atoms with Crippen molar-refractivity contribution in [2.75, 3.05) is 18.9 Å². The maximum absolute atomic E-state index is 13.4. The molecule has 1 aromatic heterocycles. The van der Waals surface area contributed by atoms with Crippen molar-refractivity contribution < 1.29 is 18.0 Å². The molecule has 0 aliphatic heterocycles. The van der Waals surface area contributed by atoms with Gasteiger partial charge in [-0.25, -0.2) is 9.37 Å². The van der Waals surface area contributed by atoms with E-state index >= 15 is 0 Å². The summed E-state index contributed by atoms with van der Waals surface area (Å²) in [5.41, 5.74) is 0.0787. The highest BCUT2D eigenvalue weighted by Gasteiger charge is 2.15. The van der Waals surface area contributed by atoms with Gasteiger partial charge in [-0.15, -0.1) is 0 Å². The molecule has 0 saturated heterocycles. The lowest BCUT2D eigenvalue weighted by Crippen LogP contribution is -2.31. The number of nitrogens with one attached hydrogen (secondary N) is 1. The van der Waals surface area contributed by atoms with Crippen molar-refractivity contribution in [1.82, 2.24) is 14.5 Å². The lowest BCUT2D eigenvalue weighted by atomic mass is 10.3. The summed E-state index contributed by atoms with van der Waals surface area (Å²) in [6.07, 6.45) is 2.45. The van der Waals surface area contributed by atoms with Crippen LogP contribution in [0.25, 0.3) is 0 Å². The molecule has 118 valence electrons. The van der Waals surface area contributed by atoms with Gasteiger partial charge in [-0.2, -0.15) is 8.78 Å². The SMILES string of the molecule is CN(CC(=O)Nc1ccccc1F)Cc1nccn1C(F)F. The van der Waals surface area contributed by atoms with Crippen LogP contribution >= 0.6 is 0 Å². The summed E-state index contributed by atoms with van der Waals surface area (Å²) in [5, 5.41) is 2.43. The van der Waals surface area contributed by atoms with Crippen molar-refractivity contribution >= 4 is 11.6 Å². The second-order valence-corrected chi connectivity index (χ2v) is 4.73. The molecule has 1 aromatic carbocycles. The second kappa shape index (κ2) is 7.08. The number of aromatic nitrogens is 2. The molecule has 2 rings (SSSR count). The molecule has 0 aliphatic carbocycles. The summed E-state index contributed by atoms with van der Waals surface area (Å²) in [6, 6.07) is 5.79. The van der Waals surface area contributed by atoms with Gasteiger partial charge in [-0.05, 0) is 19.2 Å². The average Bonchev–Trinajstić information content (AvgIpc) is 2.89. The smallest absolute Gasteiger partial charge is 0.319 e. The Hall–Kier alpha value is -2.35. The molecule has 0 aliphatic rings. The highest BCUT2D eigenvalue weighted by atomic mass is 19.3. The number of anilines is 1. The maximum atomic E-state index is 13.4. The third-order valence-corrected chi connectivity index (χ3v) is 2.93. The van der Waals surface area contributed by atoms with E-state index in [1.165, 1.54) is 35.5 Å². The maximum Gasteiger partial charge on any atom is 0.319 e. The number of carbonyl (C=O) groups is 1. The average molecular weight is 312 g/mol. The molecule has 0 saturated carbocycles. The number of amides is 1. The summed E-state index contributed by atoms with van der Waals surface area (Å²) < 4.78 is 39.5. The van der Waals surface area contributed by atoms with E-state index in [4.69, 9.17) is 0 Å². The van der Waals surface area contributed by atoms with Crippen LogP contribution in [-0.2, 0) is 11.3 Å². The molecule has 5 nitrogen and oxygen atoms in total. The first-order valence-electron chi connectivity index (χ1n) is 6.50. The van der Waals surface area contributed by atoms with Crippen LogP contribution in [0.2, 0.25) is 0 Å². The van der Waals surface area contributed by atoms with E-state index in [0.717, 1.165) is 4.57 Å².